The van der Waals surface area contributed by atoms with Gasteiger partial charge in [-0.05, 0) is 49.3 Å². The molecule has 2 atom stereocenters. The number of aromatic nitrogens is 3. The first-order valence-corrected chi connectivity index (χ1v) is 13.8. The Morgan fingerprint density at radius 3 is 2.76 bits per heavy atom. The molecule has 3 aromatic heterocycles. The fourth-order valence-corrected chi connectivity index (χ4v) is 6.12. The van der Waals surface area contributed by atoms with E-state index in [1.165, 1.54) is 6.07 Å². The van der Waals surface area contributed by atoms with Crippen molar-refractivity contribution >= 4 is 23.0 Å². The number of rotatable bonds is 8. The number of benzene rings is 1. The van der Waals surface area contributed by atoms with Crippen molar-refractivity contribution < 1.29 is 28.2 Å². The van der Waals surface area contributed by atoms with Gasteiger partial charge >= 0.3 is 5.97 Å². The number of furan rings is 1. The van der Waals surface area contributed by atoms with E-state index >= 15 is 0 Å². The van der Waals surface area contributed by atoms with Gasteiger partial charge in [0, 0.05) is 43.3 Å². The highest BCUT2D eigenvalue weighted by Gasteiger charge is 2.57. The first kappa shape index (κ1) is 25.5. The molecule has 210 valence electrons. The molecular weight excluding hydrogens is 529 g/mol. The zero-order chi connectivity index (χ0) is 28.1. The molecule has 1 spiro atoms. The zero-order valence-electron chi connectivity index (χ0n) is 22.3. The lowest BCUT2D eigenvalue weighted by molar-refractivity contribution is -0.0590. The number of anilines is 1. The first-order valence-electron chi connectivity index (χ1n) is 13.8. The Bertz CT molecular complexity index is 1680. The fraction of sp³-hybridized carbons (Fsp3) is 0.400. The van der Waals surface area contributed by atoms with E-state index < -0.39 is 11.8 Å². The zero-order valence-corrected chi connectivity index (χ0v) is 22.3. The summed E-state index contributed by atoms with van der Waals surface area (Å²) < 4.78 is 33.4. The SMILES string of the molecule is N#Cc1ccc(COc2cccc(N3CCC4(CC3)CC4c3nc4oc(C(=O)O)cc4n3CC3CCO3)n2)c(F)c1. The summed E-state index contributed by atoms with van der Waals surface area (Å²) in [6.45, 7) is 3.09. The van der Waals surface area contributed by atoms with Gasteiger partial charge in [0.15, 0.2) is 0 Å². The molecule has 0 radical (unpaired) electrons. The quantitative estimate of drug-likeness (QED) is 0.323. The summed E-state index contributed by atoms with van der Waals surface area (Å²) >= 11 is 0. The molecule has 10 nitrogen and oxygen atoms in total. The van der Waals surface area contributed by atoms with Crippen LogP contribution in [-0.2, 0) is 17.9 Å². The molecule has 2 unspecified atom stereocenters. The van der Waals surface area contributed by atoms with E-state index in [0.29, 0.717) is 29.2 Å². The van der Waals surface area contributed by atoms with E-state index in [1.54, 1.807) is 24.3 Å². The number of piperidine rings is 1. The second-order valence-corrected chi connectivity index (χ2v) is 11.1. The molecule has 1 aliphatic carbocycles. The van der Waals surface area contributed by atoms with E-state index in [2.05, 4.69) is 14.5 Å². The molecule has 1 aromatic carbocycles. The van der Waals surface area contributed by atoms with Gasteiger partial charge < -0.3 is 28.5 Å². The summed E-state index contributed by atoms with van der Waals surface area (Å²) in [5.74, 6) is 0.800. The third kappa shape index (κ3) is 4.68. The topological polar surface area (TPSA) is 127 Å². The maximum absolute atomic E-state index is 14.2. The van der Waals surface area contributed by atoms with Crippen molar-refractivity contribution in [1.29, 1.82) is 5.26 Å². The lowest BCUT2D eigenvalue weighted by Gasteiger charge is -2.34. The fourth-order valence-electron chi connectivity index (χ4n) is 6.12. The smallest absolute Gasteiger partial charge is 0.371 e. The molecule has 7 rings (SSSR count). The number of hydrogen-bond donors (Lipinski definition) is 1. The van der Waals surface area contributed by atoms with Crippen molar-refractivity contribution in [3.63, 3.8) is 0 Å². The van der Waals surface area contributed by atoms with Crippen LogP contribution < -0.4 is 9.64 Å². The van der Waals surface area contributed by atoms with Crippen LogP contribution in [0, 0.1) is 22.6 Å². The molecule has 41 heavy (non-hydrogen) atoms. The maximum Gasteiger partial charge on any atom is 0.371 e. The predicted molar refractivity (Wildman–Crippen MR) is 144 cm³/mol. The average Bonchev–Trinajstić information content (AvgIpc) is 3.30. The van der Waals surface area contributed by atoms with Gasteiger partial charge in [-0.15, -0.1) is 0 Å². The number of pyridine rings is 1. The average molecular weight is 558 g/mol. The minimum atomic E-state index is -1.10. The number of nitriles is 1. The third-order valence-electron chi connectivity index (χ3n) is 8.72. The van der Waals surface area contributed by atoms with Crippen molar-refractivity contribution in [1.82, 2.24) is 14.5 Å². The maximum atomic E-state index is 14.2. The lowest BCUT2D eigenvalue weighted by atomic mass is 9.90. The van der Waals surface area contributed by atoms with E-state index in [9.17, 15) is 14.3 Å². The molecule has 4 aromatic rings. The second kappa shape index (κ2) is 9.89. The van der Waals surface area contributed by atoms with Gasteiger partial charge in [-0.25, -0.2) is 9.18 Å². The highest BCUT2D eigenvalue weighted by atomic mass is 19.1. The minimum absolute atomic E-state index is 0.0220. The van der Waals surface area contributed by atoms with E-state index in [0.717, 1.165) is 57.0 Å². The van der Waals surface area contributed by atoms with Crippen LogP contribution in [0.1, 0.15) is 59.1 Å². The molecule has 11 heteroatoms. The van der Waals surface area contributed by atoms with Crippen LogP contribution in [-0.4, -0.2) is 51.4 Å². The van der Waals surface area contributed by atoms with E-state index in [4.69, 9.17) is 24.1 Å². The number of nitrogens with zero attached hydrogens (tertiary/aromatic N) is 5. The summed E-state index contributed by atoms with van der Waals surface area (Å²) in [6.07, 6.45) is 4.08. The summed E-state index contributed by atoms with van der Waals surface area (Å²) in [5, 5.41) is 18.3. The molecular formula is C30H28FN5O5. The molecule has 3 aliphatic rings. The predicted octanol–water partition coefficient (Wildman–Crippen LogP) is 4.88. The van der Waals surface area contributed by atoms with Crippen molar-refractivity contribution in [2.75, 3.05) is 24.6 Å². The van der Waals surface area contributed by atoms with E-state index in [-0.39, 0.29) is 35.4 Å². The Hall–Kier alpha value is -4.43. The lowest BCUT2D eigenvalue weighted by Crippen LogP contribution is -2.36. The number of halogens is 1. The Labute approximate surface area is 234 Å². The summed E-state index contributed by atoms with van der Waals surface area (Å²) in [7, 11) is 0. The summed E-state index contributed by atoms with van der Waals surface area (Å²) in [4.78, 5) is 23.1. The molecule has 3 fully saturated rings. The third-order valence-corrected chi connectivity index (χ3v) is 8.72. The Morgan fingerprint density at radius 1 is 1.22 bits per heavy atom. The molecule has 0 amide bonds. The number of ether oxygens (including phenoxy) is 2. The van der Waals surface area contributed by atoms with Crippen LogP contribution in [0.4, 0.5) is 10.2 Å². The molecule has 2 aliphatic heterocycles. The molecule has 5 heterocycles. The number of fused-ring (bicyclic) bond motifs is 1. The van der Waals surface area contributed by atoms with Crippen molar-refractivity contribution in [2.24, 2.45) is 5.41 Å². The van der Waals surface area contributed by atoms with Gasteiger partial charge in [-0.3, -0.25) is 0 Å². The summed E-state index contributed by atoms with van der Waals surface area (Å²) in [5.41, 5.74) is 1.87. The van der Waals surface area contributed by atoms with Gasteiger partial charge in [0.1, 0.15) is 29.6 Å². The van der Waals surface area contributed by atoms with Crippen LogP contribution >= 0.6 is 0 Å². The number of aromatic carboxylic acids is 1. The molecule has 2 saturated heterocycles. The minimum Gasteiger partial charge on any atom is -0.475 e. The van der Waals surface area contributed by atoms with Crippen molar-refractivity contribution in [2.45, 2.75) is 50.9 Å². The van der Waals surface area contributed by atoms with Crippen molar-refractivity contribution in [3.8, 4) is 11.9 Å². The standard InChI is InChI=1S/C30H28FN5O5/c31-22-12-18(15-32)4-5-19(22)17-40-26-3-1-2-25(33-26)35-9-7-30(8-10-35)14-21(30)27-34-28-23(13-24(41-28)29(37)38)36(27)16-20-6-11-39-20/h1-5,12-13,20-21H,6-11,14,16-17H2,(H,37,38). The van der Waals surface area contributed by atoms with Gasteiger partial charge in [-0.1, -0.05) is 12.1 Å². The number of carboxylic acids is 1. The molecule has 1 saturated carbocycles. The van der Waals surface area contributed by atoms with Gasteiger partial charge in [0.25, 0.3) is 0 Å². The van der Waals surface area contributed by atoms with Crippen LogP contribution in [0.25, 0.3) is 11.2 Å². The highest BCUT2D eigenvalue weighted by molar-refractivity contribution is 5.89. The summed E-state index contributed by atoms with van der Waals surface area (Å²) in [6, 6.07) is 13.4. The molecule has 1 N–H and O–H groups in total. The van der Waals surface area contributed by atoms with Crippen LogP contribution in [0.3, 0.4) is 0 Å². The number of imidazole rings is 1. The Kier molecular flexibility index (Phi) is 6.16. The van der Waals surface area contributed by atoms with Gasteiger partial charge in [0.05, 0.1) is 24.3 Å². The highest BCUT2D eigenvalue weighted by Crippen LogP contribution is 2.65. The van der Waals surface area contributed by atoms with Gasteiger partial charge in [0.2, 0.25) is 17.4 Å². The van der Waals surface area contributed by atoms with Crippen LogP contribution in [0.5, 0.6) is 5.88 Å². The monoisotopic (exact) mass is 557 g/mol. The van der Waals surface area contributed by atoms with Crippen molar-refractivity contribution in [3.05, 3.63) is 71.0 Å². The molecule has 0 bridgehead atoms. The second-order valence-electron chi connectivity index (χ2n) is 11.1. The number of carbonyl (C=O) groups is 1. The van der Waals surface area contributed by atoms with Gasteiger partial charge in [-0.2, -0.15) is 15.2 Å². The van der Waals surface area contributed by atoms with Crippen LogP contribution in [0.15, 0.2) is 46.9 Å². The first-order chi connectivity index (χ1) is 19.9. The van der Waals surface area contributed by atoms with E-state index in [1.807, 2.05) is 18.2 Å². The normalized spacial score (nSPS) is 21.0. The number of carboxylic acid groups (broad SMARTS) is 1. The largest absolute Gasteiger partial charge is 0.475 e. The number of hydrogen-bond acceptors (Lipinski definition) is 8. The Balaban J connectivity index is 1.02. The van der Waals surface area contributed by atoms with Crippen LogP contribution in [0.2, 0.25) is 0 Å². The Morgan fingerprint density at radius 2 is 2.05 bits per heavy atom.